The largest absolute Gasteiger partial charge is 0.489 e. The highest BCUT2D eigenvalue weighted by Crippen LogP contribution is 2.40. The molecule has 5 nitrogen and oxygen atoms in total. The van der Waals surface area contributed by atoms with Crippen LogP contribution >= 0.6 is 0 Å². The van der Waals surface area contributed by atoms with Crippen LogP contribution in [0.25, 0.3) is 22.3 Å². The van der Waals surface area contributed by atoms with Crippen molar-refractivity contribution >= 4 is 12.2 Å². The van der Waals surface area contributed by atoms with Gasteiger partial charge in [-0.3, -0.25) is 4.79 Å². The SMILES string of the molecule is CC(C)(C)c1cc(-c2cc(-c3ccc(C#N)cc3)ccc2OCCOC=O)ccc1N1CCCC1. The van der Waals surface area contributed by atoms with Crippen LogP contribution in [0.5, 0.6) is 5.75 Å². The fourth-order valence-electron chi connectivity index (χ4n) is 4.58. The molecule has 0 N–H and O–H groups in total. The first-order valence-corrected chi connectivity index (χ1v) is 12.1. The molecule has 0 bridgehead atoms. The van der Waals surface area contributed by atoms with Gasteiger partial charge in [-0.1, -0.05) is 45.0 Å². The summed E-state index contributed by atoms with van der Waals surface area (Å²) in [5, 5.41) is 9.14. The smallest absolute Gasteiger partial charge is 0.293 e. The van der Waals surface area contributed by atoms with Gasteiger partial charge in [-0.15, -0.1) is 0 Å². The van der Waals surface area contributed by atoms with E-state index in [1.807, 2.05) is 36.4 Å². The second kappa shape index (κ2) is 10.7. The summed E-state index contributed by atoms with van der Waals surface area (Å²) in [6.07, 6.45) is 2.47. The first-order valence-electron chi connectivity index (χ1n) is 12.1. The van der Waals surface area contributed by atoms with Crippen molar-refractivity contribution in [2.24, 2.45) is 0 Å². The number of carbonyl (C=O) groups is 1. The lowest BCUT2D eigenvalue weighted by atomic mass is 9.83. The van der Waals surface area contributed by atoms with Gasteiger partial charge in [0.2, 0.25) is 0 Å². The number of nitriles is 1. The third-order valence-electron chi connectivity index (χ3n) is 6.42. The number of benzene rings is 3. The van der Waals surface area contributed by atoms with E-state index in [0.717, 1.165) is 41.1 Å². The first kappa shape index (κ1) is 24.3. The van der Waals surface area contributed by atoms with E-state index in [0.29, 0.717) is 12.0 Å². The van der Waals surface area contributed by atoms with E-state index in [9.17, 15) is 4.79 Å². The van der Waals surface area contributed by atoms with Crippen LogP contribution in [0.4, 0.5) is 5.69 Å². The average Bonchev–Trinajstić information content (AvgIpc) is 3.41. The second-order valence-electron chi connectivity index (χ2n) is 9.89. The minimum absolute atomic E-state index is 0.0164. The second-order valence-corrected chi connectivity index (χ2v) is 9.89. The summed E-state index contributed by atoms with van der Waals surface area (Å²) in [5.41, 5.74) is 7.39. The number of nitrogens with zero attached hydrogens (tertiary/aromatic N) is 2. The van der Waals surface area contributed by atoms with Crippen molar-refractivity contribution in [2.75, 3.05) is 31.2 Å². The van der Waals surface area contributed by atoms with Crippen LogP contribution in [0.1, 0.15) is 44.7 Å². The molecule has 0 saturated carbocycles. The molecular formula is C30H32N2O3. The molecule has 1 aliphatic rings. The van der Waals surface area contributed by atoms with E-state index in [1.165, 1.54) is 24.1 Å². The van der Waals surface area contributed by atoms with E-state index in [2.05, 4.69) is 56.0 Å². The summed E-state index contributed by atoms with van der Waals surface area (Å²) < 4.78 is 10.9. The average molecular weight is 469 g/mol. The Morgan fingerprint density at radius 2 is 1.60 bits per heavy atom. The zero-order valence-corrected chi connectivity index (χ0v) is 20.7. The lowest BCUT2D eigenvalue weighted by Gasteiger charge is -2.29. The molecule has 4 rings (SSSR count). The summed E-state index contributed by atoms with van der Waals surface area (Å²) >= 11 is 0. The van der Waals surface area contributed by atoms with Crippen molar-refractivity contribution in [1.82, 2.24) is 0 Å². The highest BCUT2D eigenvalue weighted by Gasteiger charge is 2.24. The maximum atomic E-state index is 10.5. The third kappa shape index (κ3) is 5.66. The Kier molecular flexibility index (Phi) is 7.41. The Hall–Kier alpha value is -3.78. The number of hydrogen-bond acceptors (Lipinski definition) is 5. The first-order chi connectivity index (χ1) is 16.9. The molecule has 5 heteroatoms. The zero-order valence-electron chi connectivity index (χ0n) is 20.7. The summed E-state index contributed by atoms with van der Waals surface area (Å²) in [6, 6.07) is 22.6. The van der Waals surface area contributed by atoms with Gasteiger partial charge in [0.05, 0.1) is 11.6 Å². The van der Waals surface area contributed by atoms with Crippen molar-refractivity contribution < 1.29 is 14.3 Å². The minimum atomic E-state index is -0.0164. The van der Waals surface area contributed by atoms with Crippen molar-refractivity contribution in [3.05, 3.63) is 71.8 Å². The molecular weight excluding hydrogens is 436 g/mol. The fourth-order valence-corrected chi connectivity index (χ4v) is 4.58. The number of anilines is 1. The Morgan fingerprint density at radius 3 is 2.26 bits per heavy atom. The van der Waals surface area contributed by atoms with Crippen LogP contribution in [0, 0.1) is 11.3 Å². The van der Waals surface area contributed by atoms with Gasteiger partial charge in [0, 0.05) is 24.3 Å². The van der Waals surface area contributed by atoms with Crippen molar-refractivity contribution in [3.63, 3.8) is 0 Å². The lowest BCUT2D eigenvalue weighted by Crippen LogP contribution is -2.23. The molecule has 0 unspecified atom stereocenters. The Morgan fingerprint density at radius 1 is 0.914 bits per heavy atom. The van der Waals surface area contributed by atoms with Crippen LogP contribution in [0.15, 0.2) is 60.7 Å². The molecule has 1 heterocycles. The fraction of sp³-hybridized carbons (Fsp3) is 0.333. The van der Waals surface area contributed by atoms with Gasteiger partial charge in [0.25, 0.3) is 6.47 Å². The Bertz CT molecular complexity index is 1210. The van der Waals surface area contributed by atoms with E-state index < -0.39 is 0 Å². The Balaban J connectivity index is 1.78. The lowest BCUT2D eigenvalue weighted by molar-refractivity contribution is -0.129. The van der Waals surface area contributed by atoms with Gasteiger partial charge >= 0.3 is 0 Å². The Labute approximate surface area is 207 Å². The van der Waals surface area contributed by atoms with Gasteiger partial charge in [-0.25, -0.2) is 0 Å². The molecule has 0 radical (unpaired) electrons. The molecule has 180 valence electrons. The third-order valence-corrected chi connectivity index (χ3v) is 6.42. The standard InChI is InChI=1S/C30H32N2O3/c1-30(2,3)27-19-25(10-12-28(27)32-14-4-5-15-32)26-18-24(23-8-6-22(20-31)7-9-23)11-13-29(26)35-17-16-34-21-33/h6-13,18-19,21H,4-5,14-17H2,1-3H3. The maximum Gasteiger partial charge on any atom is 0.293 e. The van der Waals surface area contributed by atoms with Gasteiger partial charge in [-0.2, -0.15) is 5.26 Å². The quantitative estimate of drug-likeness (QED) is 0.285. The predicted molar refractivity (Wildman–Crippen MR) is 140 cm³/mol. The van der Waals surface area contributed by atoms with Crippen LogP contribution < -0.4 is 9.64 Å². The van der Waals surface area contributed by atoms with Crippen LogP contribution in [0.3, 0.4) is 0 Å². The summed E-state index contributed by atoms with van der Waals surface area (Å²) in [5.74, 6) is 0.741. The maximum absolute atomic E-state index is 10.5. The molecule has 0 atom stereocenters. The molecule has 3 aromatic carbocycles. The van der Waals surface area contributed by atoms with Gasteiger partial charge in [0.15, 0.2) is 0 Å². The van der Waals surface area contributed by atoms with Crippen molar-refractivity contribution in [2.45, 2.75) is 39.0 Å². The van der Waals surface area contributed by atoms with E-state index >= 15 is 0 Å². The molecule has 3 aromatic rings. The van der Waals surface area contributed by atoms with E-state index in [-0.39, 0.29) is 18.6 Å². The normalized spacial score (nSPS) is 13.4. The minimum Gasteiger partial charge on any atom is -0.489 e. The number of carbonyl (C=O) groups excluding carboxylic acids is 1. The molecule has 0 aliphatic carbocycles. The molecule has 35 heavy (non-hydrogen) atoms. The summed E-state index contributed by atoms with van der Waals surface area (Å²) in [7, 11) is 0. The van der Waals surface area contributed by atoms with E-state index in [1.54, 1.807) is 0 Å². The highest BCUT2D eigenvalue weighted by molar-refractivity contribution is 5.80. The van der Waals surface area contributed by atoms with Gasteiger partial charge in [-0.05, 0) is 76.9 Å². The molecule has 1 aliphatic heterocycles. The predicted octanol–water partition coefficient (Wildman–Crippen LogP) is 6.34. The van der Waals surface area contributed by atoms with Gasteiger partial charge < -0.3 is 14.4 Å². The van der Waals surface area contributed by atoms with E-state index in [4.69, 9.17) is 14.7 Å². The molecule has 1 saturated heterocycles. The van der Waals surface area contributed by atoms with Crippen molar-refractivity contribution in [3.8, 4) is 34.1 Å². The number of hydrogen-bond donors (Lipinski definition) is 0. The van der Waals surface area contributed by atoms with Crippen LogP contribution in [-0.2, 0) is 14.9 Å². The van der Waals surface area contributed by atoms with Gasteiger partial charge in [0.1, 0.15) is 19.0 Å². The number of rotatable bonds is 8. The number of ether oxygens (including phenoxy) is 2. The molecule has 0 aromatic heterocycles. The monoisotopic (exact) mass is 468 g/mol. The topological polar surface area (TPSA) is 62.6 Å². The van der Waals surface area contributed by atoms with Crippen LogP contribution in [-0.4, -0.2) is 32.8 Å². The zero-order chi connectivity index (χ0) is 24.8. The molecule has 0 amide bonds. The van der Waals surface area contributed by atoms with Crippen LogP contribution in [0.2, 0.25) is 0 Å². The molecule has 0 spiro atoms. The summed E-state index contributed by atoms with van der Waals surface area (Å²) in [6.45, 7) is 9.88. The highest BCUT2D eigenvalue weighted by atomic mass is 16.5. The molecule has 1 fully saturated rings. The van der Waals surface area contributed by atoms with Crippen molar-refractivity contribution in [1.29, 1.82) is 5.26 Å². The summed E-state index contributed by atoms with van der Waals surface area (Å²) in [4.78, 5) is 13.0.